The molecule has 0 amide bonds. The Bertz CT molecular complexity index is 2380. The van der Waals surface area contributed by atoms with Gasteiger partial charge in [0, 0.05) is 37.6 Å². The minimum absolute atomic E-state index is 0.105. The summed E-state index contributed by atoms with van der Waals surface area (Å²) in [5.74, 6) is 0.576. The molecular weight excluding hydrogens is 980 g/mol. The molecular formula is C53H79ClN6O10S2. The van der Waals surface area contributed by atoms with E-state index in [1.54, 1.807) is 35.7 Å². The number of aromatic nitrogens is 4. The van der Waals surface area contributed by atoms with E-state index in [0.717, 1.165) is 62.7 Å². The number of sulfone groups is 2. The Hall–Kier alpha value is -4.55. The molecule has 400 valence electrons. The number of fused-ring (bicyclic) bond motifs is 1. The van der Waals surface area contributed by atoms with E-state index in [1.807, 2.05) is 41.0 Å². The van der Waals surface area contributed by atoms with Crippen molar-refractivity contribution in [1.29, 1.82) is 0 Å². The van der Waals surface area contributed by atoms with Crippen molar-refractivity contribution in [2.45, 2.75) is 161 Å². The van der Waals surface area contributed by atoms with Crippen molar-refractivity contribution in [1.82, 2.24) is 19.8 Å². The van der Waals surface area contributed by atoms with E-state index in [2.05, 4.69) is 29.1 Å². The molecule has 0 radical (unpaired) electrons. The summed E-state index contributed by atoms with van der Waals surface area (Å²) in [4.78, 5) is 32.7. The van der Waals surface area contributed by atoms with Gasteiger partial charge in [-0.25, -0.2) is 30.9 Å². The number of rotatable bonds is 31. The standard InChI is InChI=1S/C53H79ClN6O10S2/c1-5-7-9-11-13-15-17-19-21-46(69-44-27-23-42(24-28-44)58-31-35-71(63,64)36-32-58)50(61)67-39-53(4,52-56-55-49-48(54)41(3)57-60(49)52)40-68-51(62)47(22-20-18-16-14-12-10-8-6-2)70-45-29-25-43(26-30-45)59-33-37-72(65,66)38-34-59/h23-30,46-47,57H,5-22,31-40H2,1-4H3. The monoisotopic (exact) mass is 1060 g/mol. The molecule has 2 aromatic heterocycles. The van der Waals surface area contributed by atoms with Crippen molar-refractivity contribution in [3.63, 3.8) is 0 Å². The number of benzene rings is 2. The number of ether oxygens (including phenoxy) is 4. The largest absolute Gasteiger partial charge is 0.479 e. The van der Waals surface area contributed by atoms with Crippen LogP contribution in [0.1, 0.15) is 148 Å². The van der Waals surface area contributed by atoms with Gasteiger partial charge in [0.05, 0.1) is 34.1 Å². The van der Waals surface area contributed by atoms with Crippen LogP contribution in [0.2, 0.25) is 5.02 Å². The number of aryl methyl sites for hydroxylation is 1. The number of unbranched alkanes of at least 4 members (excludes halogenated alkanes) is 14. The fraction of sp³-hybridized carbons (Fsp3) is 0.660. The number of halogens is 1. The Labute approximate surface area is 433 Å². The summed E-state index contributed by atoms with van der Waals surface area (Å²) in [5, 5.41) is 12.4. The van der Waals surface area contributed by atoms with Gasteiger partial charge in [0.15, 0.2) is 43.4 Å². The minimum atomic E-state index is -3.04. The third-order valence-corrected chi connectivity index (χ3v) is 17.6. The van der Waals surface area contributed by atoms with Crippen molar-refractivity contribution >= 4 is 60.2 Å². The molecule has 4 heterocycles. The predicted octanol–water partition coefficient (Wildman–Crippen LogP) is 9.79. The van der Waals surface area contributed by atoms with Gasteiger partial charge < -0.3 is 28.7 Å². The lowest BCUT2D eigenvalue weighted by molar-refractivity contribution is -0.159. The predicted molar refractivity (Wildman–Crippen MR) is 284 cm³/mol. The Morgan fingerprint density at radius 2 is 0.986 bits per heavy atom. The first-order valence-electron chi connectivity index (χ1n) is 26.5. The maximum absolute atomic E-state index is 14.3. The zero-order chi connectivity index (χ0) is 51.6. The van der Waals surface area contributed by atoms with Crippen LogP contribution in [0.5, 0.6) is 11.5 Å². The van der Waals surface area contributed by atoms with Crippen molar-refractivity contribution < 1.29 is 45.4 Å². The fourth-order valence-electron chi connectivity index (χ4n) is 9.24. The molecule has 72 heavy (non-hydrogen) atoms. The van der Waals surface area contributed by atoms with Crippen LogP contribution in [0.15, 0.2) is 48.5 Å². The average molecular weight is 1060 g/mol. The average Bonchev–Trinajstić information content (AvgIpc) is 3.92. The molecule has 2 aromatic carbocycles. The number of carbonyl (C=O) groups is 2. The molecule has 6 rings (SSSR count). The van der Waals surface area contributed by atoms with E-state index in [0.29, 0.717) is 72.7 Å². The van der Waals surface area contributed by atoms with Gasteiger partial charge in [-0.05, 0) is 88.1 Å². The van der Waals surface area contributed by atoms with E-state index >= 15 is 0 Å². The maximum atomic E-state index is 14.3. The molecule has 0 saturated carbocycles. The van der Waals surface area contributed by atoms with Crippen LogP contribution < -0.4 is 19.3 Å². The maximum Gasteiger partial charge on any atom is 0.347 e. The lowest BCUT2D eigenvalue weighted by Crippen LogP contribution is -2.41. The third-order valence-electron chi connectivity index (χ3n) is 13.9. The van der Waals surface area contributed by atoms with E-state index in [-0.39, 0.29) is 36.2 Å². The van der Waals surface area contributed by atoms with Gasteiger partial charge in [-0.1, -0.05) is 115 Å². The topological polar surface area (TPSA) is 192 Å². The second-order valence-electron chi connectivity index (χ2n) is 20.0. The Morgan fingerprint density at radius 3 is 1.38 bits per heavy atom. The zero-order valence-corrected chi connectivity index (χ0v) is 45.5. The molecule has 0 spiro atoms. The van der Waals surface area contributed by atoms with Gasteiger partial charge in [-0.3, -0.25) is 5.10 Å². The van der Waals surface area contributed by atoms with Gasteiger partial charge in [0.25, 0.3) is 0 Å². The third kappa shape index (κ3) is 17.0. The number of anilines is 2. The summed E-state index contributed by atoms with van der Waals surface area (Å²) in [7, 11) is -6.07. The molecule has 0 aliphatic carbocycles. The van der Waals surface area contributed by atoms with Gasteiger partial charge in [-0.2, -0.15) is 0 Å². The highest BCUT2D eigenvalue weighted by Gasteiger charge is 2.39. The first-order chi connectivity index (χ1) is 34.6. The SMILES string of the molecule is CCCCCCCCCCC(Oc1ccc(N2CCS(=O)(=O)CC2)cc1)C(=O)OCC(C)(COC(=O)C(CCCCCCCCCC)Oc1ccc(N2CCS(=O)(=O)CC2)cc1)c1nnc2c(Cl)c(C)[nH]n12. The number of carbonyl (C=O) groups excluding carboxylic acids is 2. The van der Waals surface area contributed by atoms with Gasteiger partial charge in [-0.15, -0.1) is 10.2 Å². The van der Waals surface area contributed by atoms with Crippen molar-refractivity contribution in [3.05, 3.63) is 65.1 Å². The molecule has 2 fully saturated rings. The second kappa shape index (κ2) is 27.7. The number of hydrogen-bond acceptors (Lipinski definition) is 14. The quantitative estimate of drug-likeness (QED) is 0.0370. The number of nitrogens with one attached hydrogen (secondary N) is 1. The zero-order valence-electron chi connectivity index (χ0n) is 43.1. The molecule has 2 atom stereocenters. The molecule has 4 aromatic rings. The van der Waals surface area contributed by atoms with Crippen molar-refractivity contribution in [3.8, 4) is 11.5 Å². The van der Waals surface area contributed by atoms with Crippen molar-refractivity contribution in [2.24, 2.45) is 0 Å². The van der Waals surface area contributed by atoms with Crippen LogP contribution in [0, 0.1) is 6.92 Å². The smallest absolute Gasteiger partial charge is 0.347 e. The fourth-order valence-corrected chi connectivity index (χ4v) is 11.8. The number of esters is 2. The van der Waals surface area contributed by atoms with E-state index < -0.39 is 49.2 Å². The van der Waals surface area contributed by atoms with Crippen molar-refractivity contribution in [2.75, 3.05) is 72.2 Å². The van der Waals surface area contributed by atoms with Crippen LogP contribution in [0.3, 0.4) is 0 Å². The van der Waals surface area contributed by atoms with Crippen LogP contribution in [-0.2, 0) is 44.2 Å². The molecule has 2 aliphatic heterocycles. The van der Waals surface area contributed by atoms with Gasteiger partial charge in [0.1, 0.15) is 29.7 Å². The van der Waals surface area contributed by atoms with Crippen LogP contribution >= 0.6 is 11.6 Å². The molecule has 19 heteroatoms. The number of hydrogen-bond donors (Lipinski definition) is 1. The summed E-state index contributed by atoms with van der Waals surface area (Å²) in [5.41, 5.74) is 1.56. The Morgan fingerprint density at radius 1 is 0.611 bits per heavy atom. The van der Waals surface area contributed by atoms with Crippen LogP contribution in [0.25, 0.3) is 5.65 Å². The van der Waals surface area contributed by atoms with Gasteiger partial charge >= 0.3 is 11.9 Å². The first kappa shape index (κ1) is 56.7. The number of nitrogens with zero attached hydrogens (tertiary/aromatic N) is 5. The normalized spacial score (nSPS) is 17.3. The van der Waals surface area contributed by atoms with Crippen LogP contribution in [0.4, 0.5) is 11.4 Å². The summed E-state index contributed by atoms with van der Waals surface area (Å²) >= 11 is 6.62. The van der Waals surface area contributed by atoms with Gasteiger partial charge in [0.2, 0.25) is 0 Å². The summed E-state index contributed by atoms with van der Waals surface area (Å²) in [6.07, 6.45) is 16.3. The first-order valence-corrected chi connectivity index (χ1v) is 30.5. The summed E-state index contributed by atoms with van der Waals surface area (Å²) in [6, 6.07) is 14.7. The lowest BCUT2D eigenvalue weighted by atomic mass is 9.91. The second-order valence-corrected chi connectivity index (χ2v) is 25.0. The van der Waals surface area contributed by atoms with E-state index in [9.17, 15) is 26.4 Å². The summed E-state index contributed by atoms with van der Waals surface area (Å²) in [6.45, 7) is 9.17. The van der Waals surface area contributed by atoms with E-state index in [1.165, 1.54) is 51.4 Å². The molecule has 2 unspecified atom stereocenters. The minimum Gasteiger partial charge on any atom is -0.479 e. The molecule has 16 nitrogen and oxygen atoms in total. The summed E-state index contributed by atoms with van der Waals surface area (Å²) < 4.78 is 75.0. The highest BCUT2D eigenvalue weighted by Crippen LogP contribution is 2.31. The van der Waals surface area contributed by atoms with E-state index in [4.69, 9.17) is 30.5 Å². The number of H-pyrrole nitrogens is 1. The molecule has 2 aliphatic rings. The number of aromatic amines is 1. The Kier molecular flexibility index (Phi) is 21.8. The Balaban J connectivity index is 1.17. The lowest BCUT2D eigenvalue weighted by Gasteiger charge is -2.29. The molecule has 1 N–H and O–H groups in total. The van der Waals surface area contributed by atoms with Crippen LogP contribution in [-0.4, -0.2) is 123 Å². The molecule has 2 saturated heterocycles. The molecule has 0 bridgehead atoms. The highest BCUT2D eigenvalue weighted by atomic mass is 35.5. The highest BCUT2D eigenvalue weighted by molar-refractivity contribution is 7.91.